The Kier molecular flexibility index (Phi) is 6.36. The molecule has 3 atom stereocenters. The molecule has 0 fully saturated rings. The van der Waals surface area contributed by atoms with Crippen molar-refractivity contribution in [3.8, 4) is 0 Å². The van der Waals surface area contributed by atoms with Gasteiger partial charge in [-0.2, -0.15) is 0 Å². The van der Waals surface area contributed by atoms with Crippen LogP contribution in [0.5, 0.6) is 0 Å². The summed E-state index contributed by atoms with van der Waals surface area (Å²) in [5, 5.41) is 29.9. The SMILES string of the molecule is CCC(O)C(CN)(C(O)CC)C(O)CC. The first-order valence-electron chi connectivity index (χ1n) is 5.75. The molecule has 0 saturated heterocycles. The van der Waals surface area contributed by atoms with Crippen molar-refractivity contribution in [3.63, 3.8) is 0 Å². The first-order chi connectivity index (χ1) is 7.00. The average Bonchev–Trinajstić information content (AvgIpc) is 2.29. The summed E-state index contributed by atoms with van der Waals surface area (Å²) in [5.41, 5.74) is 4.67. The molecule has 0 aliphatic carbocycles. The molecule has 0 amide bonds. The van der Waals surface area contributed by atoms with Crippen molar-refractivity contribution in [2.75, 3.05) is 6.54 Å². The third-order valence-electron chi connectivity index (χ3n) is 3.37. The van der Waals surface area contributed by atoms with Crippen LogP contribution in [0.2, 0.25) is 0 Å². The number of aliphatic hydroxyl groups is 3. The number of hydrogen-bond donors (Lipinski definition) is 4. The number of hydrogen-bond acceptors (Lipinski definition) is 4. The highest BCUT2D eigenvalue weighted by Crippen LogP contribution is 2.34. The summed E-state index contributed by atoms with van der Waals surface area (Å²) in [4.78, 5) is 0. The predicted octanol–water partition coefficient (Wildman–Crippen LogP) is 0.244. The fraction of sp³-hybridized carbons (Fsp3) is 1.00. The summed E-state index contributed by atoms with van der Waals surface area (Å²) in [6.45, 7) is 5.55. The van der Waals surface area contributed by atoms with Crippen LogP contribution in [0.15, 0.2) is 0 Å². The summed E-state index contributed by atoms with van der Waals surface area (Å²) in [6.07, 6.45) is -0.880. The topological polar surface area (TPSA) is 86.7 Å². The number of rotatable bonds is 7. The maximum atomic E-state index is 9.97. The molecule has 0 bridgehead atoms. The molecule has 4 nitrogen and oxygen atoms in total. The van der Waals surface area contributed by atoms with Gasteiger partial charge in [0.1, 0.15) is 0 Å². The predicted molar refractivity (Wildman–Crippen MR) is 60.4 cm³/mol. The highest BCUT2D eigenvalue weighted by Gasteiger charge is 2.46. The minimum absolute atomic E-state index is 0.0893. The van der Waals surface area contributed by atoms with Crippen molar-refractivity contribution in [3.05, 3.63) is 0 Å². The summed E-state index contributed by atoms with van der Waals surface area (Å²) in [6, 6.07) is 0. The standard InChI is InChI=1S/C11H25NO3/c1-4-8(13)11(7-12,9(14)5-2)10(15)6-3/h8-10,13-15H,4-7,12H2,1-3H3. The first kappa shape index (κ1) is 14.8. The molecule has 4 heteroatoms. The average molecular weight is 219 g/mol. The van der Waals surface area contributed by atoms with E-state index < -0.39 is 23.7 Å². The maximum Gasteiger partial charge on any atom is 0.0655 e. The largest absolute Gasteiger partial charge is 0.392 e. The molecule has 15 heavy (non-hydrogen) atoms. The van der Waals surface area contributed by atoms with E-state index in [0.717, 1.165) is 0 Å². The van der Waals surface area contributed by atoms with Crippen molar-refractivity contribution in [2.45, 2.75) is 58.3 Å². The van der Waals surface area contributed by atoms with Gasteiger partial charge in [-0.1, -0.05) is 20.8 Å². The zero-order chi connectivity index (χ0) is 12.1. The summed E-state index contributed by atoms with van der Waals surface area (Å²) in [7, 11) is 0. The van der Waals surface area contributed by atoms with Crippen LogP contribution < -0.4 is 5.73 Å². The molecule has 0 aromatic carbocycles. The van der Waals surface area contributed by atoms with Crippen LogP contribution in [0.4, 0.5) is 0 Å². The van der Waals surface area contributed by atoms with Gasteiger partial charge in [0.15, 0.2) is 0 Å². The Labute approximate surface area is 92.1 Å². The van der Waals surface area contributed by atoms with E-state index in [1.165, 1.54) is 0 Å². The summed E-state index contributed by atoms with van der Waals surface area (Å²) in [5.74, 6) is 0. The van der Waals surface area contributed by atoms with Crippen LogP contribution in [-0.4, -0.2) is 40.2 Å². The lowest BCUT2D eigenvalue weighted by Crippen LogP contribution is -2.57. The van der Waals surface area contributed by atoms with E-state index in [1.54, 1.807) is 0 Å². The lowest BCUT2D eigenvalue weighted by molar-refractivity contribution is -0.136. The molecular formula is C11H25NO3. The van der Waals surface area contributed by atoms with Crippen LogP contribution in [0, 0.1) is 5.41 Å². The molecular weight excluding hydrogens is 194 g/mol. The van der Waals surface area contributed by atoms with Gasteiger partial charge in [0.05, 0.1) is 23.7 Å². The minimum atomic E-state index is -0.988. The molecule has 3 unspecified atom stereocenters. The Bertz CT molecular complexity index is 149. The Morgan fingerprint density at radius 3 is 1.27 bits per heavy atom. The van der Waals surface area contributed by atoms with Gasteiger partial charge in [0.2, 0.25) is 0 Å². The van der Waals surface area contributed by atoms with Gasteiger partial charge in [0, 0.05) is 6.54 Å². The maximum absolute atomic E-state index is 9.97. The molecule has 0 aliphatic rings. The monoisotopic (exact) mass is 219 g/mol. The number of nitrogens with two attached hydrogens (primary N) is 1. The normalized spacial score (nSPS) is 21.8. The van der Waals surface area contributed by atoms with E-state index in [4.69, 9.17) is 5.73 Å². The molecule has 92 valence electrons. The van der Waals surface area contributed by atoms with Crippen LogP contribution in [0.25, 0.3) is 0 Å². The highest BCUT2D eigenvalue weighted by atomic mass is 16.3. The summed E-state index contributed by atoms with van der Waals surface area (Å²) < 4.78 is 0. The molecule has 5 N–H and O–H groups in total. The van der Waals surface area contributed by atoms with Gasteiger partial charge in [0.25, 0.3) is 0 Å². The van der Waals surface area contributed by atoms with Crippen molar-refractivity contribution >= 4 is 0 Å². The second-order valence-corrected chi connectivity index (χ2v) is 4.09. The molecule has 0 saturated carbocycles. The van der Waals surface area contributed by atoms with Crippen LogP contribution >= 0.6 is 0 Å². The molecule has 0 spiro atoms. The quantitative estimate of drug-likeness (QED) is 0.494. The Balaban J connectivity index is 5.09. The fourth-order valence-corrected chi connectivity index (χ4v) is 2.21. The van der Waals surface area contributed by atoms with E-state index >= 15 is 0 Å². The molecule has 0 radical (unpaired) electrons. The van der Waals surface area contributed by atoms with E-state index in [1.807, 2.05) is 20.8 Å². The van der Waals surface area contributed by atoms with Crippen LogP contribution in [0.1, 0.15) is 40.0 Å². The van der Waals surface area contributed by atoms with Gasteiger partial charge >= 0.3 is 0 Å². The van der Waals surface area contributed by atoms with Gasteiger partial charge in [-0.15, -0.1) is 0 Å². The fourth-order valence-electron chi connectivity index (χ4n) is 2.21. The zero-order valence-corrected chi connectivity index (χ0v) is 9.98. The van der Waals surface area contributed by atoms with Crippen molar-refractivity contribution in [1.82, 2.24) is 0 Å². The van der Waals surface area contributed by atoms with Gasteiger partial charge < -0.3 is 21.1 Å². The van der Waals surface area contributed by atoms with Gasteiger partial charge in [-0.05, 0) is 19.3 Å². The Morgan fingerprint density at radius 1 is 0.867 bits per heavy atom. The first-order valence-corrected chi connectivity index (χ1v) is 5.75. The zero-order valence-electron chi connectivity index (χ0n) is 9.98. The second-order valence-electron chi connectivity index (χ2n) is 4.09. The van der Waals surface area contributed by atoms with Crippen molar-refractivity contribution in [2.24, 2.45) is 11.1 Å². The molecule has 0 aromatic rings. The molecule has 0 aliphatic heterocycles. The van der Waals surface area contributed by atoms with Crippen LogP contribution in [-0.2, 0) is 0 Å². The van der Waals surface area contributed by atoms with E-state index in [9.17, 15) is 15.3 Å². The van der Waals surface area contributed by atoms with E-state index in [2.05, 4.69) is 0 Å². The van der Waals surface area contributed by atoms with E-state index in [-0.39, 0.29) is 6.54 Å². The Morgan fingerprint density at radius 2 is 1.13 bits per heavy atom. The number of aliphatic hydroxyl groups excluding tert-OH is 3. The lowest BCUT2D eigenvalue weighted by atomic mass is 9.69. The van der Waals surface area contributed by atoms with Crippen molar-refractivity contribution in [1.29, 1.82) is 0 Å². The van der Waals surface area contributed by atoms with E-state index in [0.29, 0.717) is 19.3 Å². The third kappa shape index (κ3) is 2.69. The van der Waals surface area contributed by atoms with Crippen LogP contribution in [0.3, 0.4) is 0 Å². The van der Waals surface area contributed by atoms with Crippen molar-refractivity contribution < 1.29 is 15.3 Å². The Hall–Kier alpha value is -0.160. The molecule has 0 heterocycles. The van der Waals surface area contributed by atoms with Gasteiger partial charge in [-0.25, -0.2) is 0 Å². The third-order valence-corrected chi connectivity index (χ3v) is 3.37. The summed E-state index contributed by atoms with van der Waals surface area (Å²) >= 11 is 0. The molecule has 0 aromatic heterocycles. The molecule has 0 rings (SSSR count). The minimum Gasteiger partial charge on any atom is -0.392 e. The highest BCUT2D eigenvalue weighted by molar-refractivity contribution is 4.97. The lowest BCUT2D eigenvalue weighted by Gasteiger charge is -2.43. The van der Waals surface area contributed by atoms with Gasteiger partial charge in [-0.3, -0.25) is 0 Å². The second kappa shape index (κ2) is 6.43. The smallest absolute Gasteiger partial charge is 0.0655 e.